The number of hydrogen-bond donors (Lipinski definition) is 4. The molecular formula is C11H17N5O5. The Morgan fingerprint density at radius 1 is 1.29 bits per heavy atom. The van der Waals surface area contributed by atoms with E-state index in [0.29, 0.717) is 19.5 Å². The first-order valence-corrected chi connectivity index (χ1v) is 6.32. The zero-order chi connectivity index (χ0) is 15.7. The zero-order valence-corrected chi connectivity index (χ0v) is 11.2. The van der Waals surface area contributed by atoms with E-state index in [9.17, 15) is 14.4 Å². The number of hydrogen-bond acceptors (Lipinski definition) is 5. The highest BCUT2D eigenvalue weighted by Gasteiger charge is 2.20. The molecule has 0 fully saturated rings. The summed E-state index contributed by atoms with van der Waals surface area (Å²) in [6.45, 7) is 0.901. The molecule has 0 bridgehead atoms. The minimum Gasteiger partial charge on any atom is -0.481 e. The highest BCUT2D eigenvalue weighted by Crippen LogP contribution is 1.98. The molecule has 0 saturated heterocycles. The van der Waals surface area contributed by atoms with Crippen molar-refractivity contribution in [2.75, 3.05) is 6.54 Å². The third-order valence-corrected chi connectivity index (χ3v) is 2.57. The summed E-state index contributed by atoms with van der Waals surface area (Å²) in [5, 5.41) is 29.5. The van der Waals surface area contributed by atoms with Crippen LogP contribution in [-0.4, -0.2) is 55.8 Å². The maximum Gasteiger partial charge on any atom is 0.326 e. The van der Waals surface area contributed by atoms with Gasteiger partial charge in [0.2, 0.25) is 0 Å². The summed E-state index contributed by atoms with van der Waals surface area (Å²) < 4.78 is 1.60. The normalized spacial score (nSPS) is 11.6. The summed E-state index contributed by atoms with van der Waals surface area (Å²) in [7, 11) is 0. The van der Waals surface area contributed by atoms with Crippen LogP contribution in [0.4, 0.5) is 4.79 Å². The van der Waals surface area contributed by atoms with Crippen molar-refractivity contribution in [3.8, 4) is 0 Å². The largest absolute Gasteiger partial charge is 0.481 e. The smallest absolute Gasteiger partial charge is 0.326 e. The van der Waals surface area contributed by atoms with Gasteiger partial charge in [0, 0.05) is 25.7 Å². The molecule has 1 atom stereocenters. The van der Waals surface area contributed by atoms with Gasteiger partial charge in [0.05, 0.1) is 6.20 Å². The molecule has 1 unspecified atom stereocenters. The molecule has 1 rings (SSSR count). The van der Waals surface area contributed by atoms with Crippen molar-refractivity contribution < 1.29 is 24.6 Å². The van der Waals surface area contributed by atoms with E-state index in [1.807, 2.05) is 0 Å². The molecule has 1 aromatic heterocycles. The molecule has 0 radical (unpaired) electrons. The van der Waals surface area contributed by atoms with Crippen molar-refractivity contribution >= 4 is 18.0 Å². The lowest BCUT2D eigenvalue weighted by molar-refractivity contribution is -0.140. The fourth-order valence-corrected chi connectivity index (χ4v) is 1.53. The standard InChI is InChI=1S/C11H17N5O5/c17-9(18)3-2-8(10(19)20)14-11(21)12-4-1-6-16-7-5-13-15-16/h5,7-8H,1-4,6H2,(H,17,18)(H,19,20)(H2,12,14,21). The van der Waals surface area contributed by atoms with Crippen LogP contribution in [0.5, 0.6) is 0 Å². The third-order valence-electron chi connectivity index (χ3n) is 2.57. The van der Waals surface area contributed by atoms with Gasteiger partial charge in [0.25, 0.3) is 0 Å². The SMILES string of the molecule is O=C(O)CCC(NC(=O)NCCCn1ccnn1)C(=O)O. The van der Waals surface area contributed by atoms with Crippen molar-refractivity contribution in [3.05, 3.63) is 12.4 Å². The van der Waals surface area contributed by atoms with E-state index in [1.54, 1.807) is 17.1 Å². The second-order valence-corrected chi connectivity index (χ2v) is 4.24. The lowest BCUT2D eigenvalue weighted by atomic mass is 10.1. The number of aromatic nitrogens is 3. The molecule has 10 nitrogen and oxygen atoms in total. The zero-order valence-electron chi connectivity index (χ0n) is 11.2. The molecule has 0 saturated carbocycles. The van der Waals surface area contributed by atoms with Gasteiger partial charge in [-0.2, -0.15) is 0 Å². The van der Waals surface area contributed by atoms with Crippen LogP contribution in [0.1, 0.15) is 19.3 Å². The van der Waals surface area contributed by atoms with E-state index >= 15 is 0 Å². The maximum atomic E-state index is 11.5. The molecule has 0 aliphatic rings. The molecule has 0 aliphatic carbocycles. The van der Waals surface area contributed by atoms with Crippen LogP contribution in [0.15, 0.2) is 12.4 Å². The Morgan fingerprint density at radius 3 is 2.62 bits per heavy atom. The van der Waals surface area contributed by atoms with Gasteiger partial charge in [-0.05, 0) is 12.8 Å². The first-order chi connectivity index (χ1) is 9.99. The van der Waals surface area contributed by atoms with Crippen LogP contribution in [0.2, 0.25) is 0 Å². The quantitative estimate of drug-likeness (QED) is 0.440. The minimum absolute atomic E-state index is 0.170. The number of aliphatic carboxylic acids is 2. The van der Waals surface area contributed by atoms with Crippen molar-refractivity contribution in [2.45, 2.75) is 31.8 Å². The molecule has 1 heterocycles. The van der Waals surface area contributed by atoms with E-state index in [1.165, 1.54) is 0 Å². The summed E-state index contributed by atoms with van der Waals surface area (Å²) in [6, 6.07) is -1.87. The number of carboxylic acid groups (broad SMARTS) is 2. The fourth-order valence-electron chi connectivity index (χ4n) is 1.53. The monoisotopic (exact) mass is 299 g/mol. The Morgan fingerprint density at radius 2 is 2.05 bits per heavy atom. The Bertz CT molecular complexity index is 475. The highest BCUT2D eigenvalue weighted by atomic mass is 16.4. The van der Waals surface area contributed by atoms with Crippen LogP contribution < -0.4 is 10.6 Å². The van der Waals surface area contributed by atoms with Gasteiger partial charge < -0.3 is 20.8 Å². The average molecular weight is 299 g/mol. The summed E-state index contributed by atoms with van der Waals surface area (Å²) in [4.78, 5) is 32.8. The molecule has 21 heavy (non-hydrogen) atoms. The molecule has 0 spiro atoms. The van der Waals surface area contributed by atoms with Gasteiger partial charge in [-0.15, -0.1) is 5.10 Å². The molecule has 0 aromatic carbocycles. The number of aryl methyl sites for hydroxylation is 1. The average Bonchev–Trinajstić information content (AvgIpc) is 2.92. The number of nitrogens with zero attached hydrogens (tertiary/aromatic N) is 3. The van der Waals surface area contributed by atoms with Crippen LogP contribution in [0, 0.1) is 0 Å². The lowest BCUT2D eigenvalue weighted by Gasteiger charge is -2.14. The van der Waals surface area contributed by atoms with Gasteiger partial charge >= 0.3 is 18.0 Å². The minimum atomic E-state index is -1.27. The molecule has 2 amide bonds. The number of amides is 2. The van der Waals surface area contributed by atoms with Gasteiger partial charge in [-0.3, -0.25) is 9.48 Å². The Kier molecular flexibility index (Phi) is 6.65. The molecule has 10 heteroatoms. The Hall–Kier alpha value is -2.65. The van der Waals surface area contributed by atoms with E-state index < -0.39 is 24.0 Å². The van der Waals surface area contributed by atoms with Gasteiger partial charge in [0.1, 0.15) is 6.04 Å². The van der Waals surface area contributed by atoms with Crippen LogP contribution in [0.3, 0.4) is 0 Å². The van der Waals surface area contributed by atoms with E-state index in [2.05, 4.69) is 20.9 Å². The van der Waals surface area contributed by atoms with Crippen molar-refractivity contribution in [2.24, 2.45) is 0 Å². The number of urea groups is 1. The van der Waals surface area contributed by atoms with Crippen LogP contribution >= 0.6 is 0 Å². The predicted octanol–water partition coefficient (Wildman–Crippen LogP) is -0.715. The van der Waals surface area contributed by atoms with E-state index in [4.69, 9.17) is 10.2 Å². The molecule has 0 aliphatic heterocycles. The summed E-state index contributed by atoms with van der Waals surface area (Å²) >= 11 is 0. The number of carbonyl (C=O) groups excluding carboxylic acids is 1. The summed E-state index contributed by atoms with van der Waals surface area (Å²) in [5.41, 5.74) is 0. The van der Waals surface area contributed by atoms with Crippen molar-refractivity contribution in [3.63, 3.8) is 0 Å². The van der Waals surface area contributed by atoms with Gasteiger partial charge in [-0.1, -0.05) is 5.21 Å². The second-order valence-electron chi connectivity index (χ2n) is 4.24. The van der Waals surface area contributed by atoms with Gasteiger partial charge in [-0.25, -0.2) is 9.59 Å². The van der Waals surface area contributed by atoms with Crippen LogP contribution in [-0.2, 0) is 16.1 Å². The number of rotatable bonds is 9. The number of carboxylic acids is 2. The third kappa shape index (κ3) is 6.89. The van der Waals surface area contributed by atoms with Crippen LogP contribution in [0.25, 0.3) is 0 Å². The predicted molar refractivity (Wildman–Crippen MR) is 69.5 cm³/mol. The first-order valence-electron chi connectivity index (χ1n) is 6.32. The Balaban J connectivity index is 2.23. The molecular weight excluding hydrogens is 282 g/mol. The maximum absolute atomic E-state index is 11.5. The topological polar surface area (TPSA) is 146 Å². The highest BCUT2D eigenvalue weighted by molar-refractivity contribution is 5.82. The van der Waals surface area contributed by atoms with Crippen molar-refractivity contribution in [1.29, 1.82) is 0 Å². The van der Waals surface area contributed by atoms with E-state index in [-0.39, 0.29) is 12.8 Å². The number of carbonyl (C=O) groups is 3. The summed E-state index contributed by atoms with van der Waals surface area (Å²) in [6.07, 6.45) is 3.33. The van der Waals surface area contributed by atoms with Crippen molar-refractivity contribution in [1.82, 2.24) is 25.6 Å². The fraction of sp³-hybridized carbons (Fsp3) is 0.545. The number of nitrogens with one attached hydrogen (secondary N) is 2. The Labute approximate surface area is 120 Å². The molecule has 1 aromatic rings. The molecule has 116 valence electrons. The summed E-state index contributed by atoms with van der Waals surface area (Å²) in [5.74, 6) is -2.38. The lowest BCUT2D eigenvalue weighted by Crippen LogP contribution is -2.46. The van der Waals surface area contributed by atoms with Gasteiger partial charge in [0.15, 0.2) is 0 Å². The molecule has 4 N–H and O–H groups in total. The first kappa shape index (κ1) is 16.4. The second kappa shape index (κ2) is 8.51. The van der Waals surface area contributed by atoms with E-state index in [0.717, 1.165) is 0 Å².